The standard InChI is InChI=1S/C11H16N8S/c1-17(2)8-13-9-15-16-11(20-7-5-6-12)19(9)10(14-8)18(3)4/h5,7H2,1-4H3. The van der Waals surface area contributed by atoms with E-state index in [1.54, 1.807) is 4.40 Å². The molecule has 8 nitrogen and oxygen atoms in total. The normalized spacial score (nSPS) is 10.6. The third-order valence-electron chi connectivity index (χ3n) is 2.46. The van der Waals surface area contributed by atoms with Crippen molar-refractivity contribution < 1.29 is 0 Å². The number of hydrogen-bond donors (Lipinski definition) is 0. The molecule has 0 saturated carbocycles. The zero-order valence-electron chi connectivity index (χ0n) is 11.9. The Morgan fingerprint density at radius 2 is 1.90 bits per heavy atom. The van der Waals surface area contributed by atoms with Crippen LogP contribution < -0.4 is 9.80 Å². The third-order valence-corrected chi connectivity index (χ3v) is 3.39. The van der Waals surface area contributed by atoms with Crippen molar-refractivity contribution in [2.75, 3.05) is 43.7 Å². The highest BCUT2D eigenvalue weighted by Gasteiger charge is 2.16. The molecule has 0 radical (unpaired) electrons. The van der Waals surface area contributed by atoms with Crippen LogP contribution in [0.3, 0.4) is 0 Å². The smallest absolute Gasteiger partial charge is 0.261 e. The van der Waals surface area contributed by atoms with E-state index in [1.165, 1.54) is 11.8 Å². The maximum absolute atomic E-state index is 8.60. The predicted octanol–water partition coefficient (Wildman–Crippen LogP) is 0.657. The molecule has 9 heteroatoms. The molecule has 2 heterocycles. The van der Waals surface area contributed by atoms with Crippen LogP contribution in [0.1, 0.15) is 6.42 Å². The summed E-state index contributed by atoms with van der Waals surface area (Å²) in [5, 5.41) is 17.5. The fraction of sp³-hybridized carbons (Fsp3) is 0.545. The molecule has 2 aromatic rings. The molecule has 0 aromatic carbocycles. The van der Waals surface area contributed by atoms with Gasteiger partial charge in [0.25, 0.3) is 5.78 Å². The number of nitriles is 1. The molecular formula is C11H16N8S. The topological polar surface area (TPSA) is 86.2 Å². The molecule has 2 rings (SSSR count). The van der Waals surface area contributed by atoms with Crippen molar-refractivity contribution in [1.82, 2.24) is 24.6 Å². The number of rotatable bonds is 5. The maximum Gasteiger partial charge on any atom is 0.261 e. The van der Waals surface area contributed by atoms with Crippen LogP contribution in [0.4, 0.5) is 11.9 Å². The molecule has 0 N–H and O–H groups in total. The maximum atomic E-state index is 8.60. The zero-order chi connectivity index (χ0) is 14.7. The minimum absolute atomic E-state index is 0.466. The van der Waals surface area contributed by atoms with Crippen molar-refractivity contribution in [2.24, 2.45) is 0 Å². The lowest BCUT2D eigenvalue weighted by Crippen LogP contribution is -2.20. The van der Waals surface area contributed by atoms with Crippen LogP contribution in [0.15, 0.2) is 5.16 Å². The highest BCUT2D eigenvalue weighted by molar-refractivity contribution is 7.99. The van der Waals surface area contributed by atoms with Gasteiger partial charge >= 0.3 is 0 Å². The molecule has 0 aliphatic heterocycles. The largest absolute Gasteiger partial charge is 0.348 e. The van der Waals surface area contributed by atoms with E-state index in [9.17, 15) is 0 Å². The highest BCUT2D eigenvalue weighted by atomic mass is 32.2. The Hall–Kier alpha value is -2.08. The number of fused-ring (bicyclic) bond motifs is 1. The number of hydrogen-bond acceptors (Lipinski definition) is 8. The monoisotopic (exact) mass is 292 g/mol. The summed E-state index contributed by atoms with van der Waals surface area (Å²) in [6.45, 7) is 0. The molecule has 0 atom stereocenters. The fourth-order valence-electron chi connectivity index (χ4n) is 1.55. The Labute approximate surface area is 121 Å². The van der Waals surface area contributed by atoms with Crippen molar-refractivity contribution in [1.29, 1.82) is 5.26 Å². The van der Waals surface area contributed by atoms with E-state index in [-0.39, 0.29) is 0 Å². The van der Waals surface area contributed by atoms with E-state index in [2.05, 4.69) is 26.2 Å². The van der Waals surface area contributed by atoms with Crippen molar-refractivity contribution in [3.63, 3.8) is 0 Å². The van der Waals surface area contributed by atoms with Gasteiger partial charge in [-0.05, 0) is 0 Å². The molecule has 2 aromatic heterocycles. The quantitative estimate of drug-likeness (QED) is 0.586. The molecule has 0 spiro atoms. The lowest BCUT2D eigenvalue weighted by atomic mass is 10.6. The van der Waals surface area contributed by atoms with Gasteiger partial charge in [0.05, 0.1) is 6.07 Å². The van der Waals surface area contributed by atoms with Gasteiger partial charge in [-0.25, -0.2) is 4.40 Å². The average molecular weight is 292 g/mol. The zero-order valence-corrected chi connectivity index (χ0v) is 12.7. The van der Waals surface area contributed by atoms with Gasteiger partial charge in [-0.15, -0.1) is 10.2 Å². The first kappa shape index (κ1) is 14.3. The summed E-state index contributed by atoms with van der Waals surface area (Å²) in [4.78, 5) is 12.6. The lowest BCUT2D eigenvalue weighted by Gasteiger charge is -2.17. The molecular weight excluding hydrogens is 276 g/mol. The number of thioether (sulfide) groups is 1. The molecule has 0 bridgehead atoms. The van der Waals surface area contributed by atoms with Crippen LogP contribution in [0, 0.1) is 11.3 Å². The Morgan fingerprint density at radius 3 is 2.50 bits per heavy atom. The Balaban J connectivity index is 2.50. The first-order valence-corrected chi connectivity index (χ1v) is 7.00. The second-order valence-corrected chi connectivity index (χ2v) is 5.55. The Morgan fingerprint density at radius 1 is 1.15 bits per heavy atom. The van der Waals surface area contributed by atoms with Crippen molar-refractivity contribution >= 4 is 29.4 Å². The van der Waals surface area contributed by atoms with Crippen molar-refractivity contribution in [3.8, 4) is 6.07 Å². The van der Waals surface area contributed by atoms with Gasteiger partial charge < -0.3 is 9.80 Å². The summed E-state index contributed by atoms with van der Waals surface area (Å²) in [6, 6.07) is 2.11. The number of aromatic nitrogens is 5. The van der Waals surface area contributed by atoms with E-state index >= 15 is 0 Å². The predicted molar refractivity (Wildman–Crippen MR) is 78.2 cm³/mol. The van der Waals surface area contributed by atoms with E-state index in [0.29, 0.717) is 35.0 Å². The summed E-state index contributed by atoms with van der Waals surface area (Å²) >= 11 is 1.47. The number of nitrogens with zero attached hydrogens (tertiary/aromatic N) is 8. The minimum Gasteiger partial charge on any atom is -0.348 e. The second kappa shape index (κ2) is 5.92. The molecule has 106 valence electrons. The molecule has 0 aliphatic rings. The van der Waals surface area contributed by atoms with Crippen LogP contribution in [0.2, 0.25) is 0 Å². The SMILES string of the molecule is CN(C)c1nc(N(C)C)n2c(SCCC#N)nnc2n1. The number of anilines is 2. The average Bonchev–Trinajstić information content (AvgIpc) is 2.81. The van der Waals surface area contributed by atoms with Gasteiger partial charge in [0.1, 0.15) is 0 Å². The van der Waals surface area contributed by atoms with Crippen LogP contribution in [-0.2, 0) is 0 Å². The van der Waals surface area contributed by atoms with Gasteiger partial charge in [0, 0.05) is 40.4 Å². The Kier molecular flexibility index (Phi) is 4.24. The molecule has 0 aliphatic carbocycles. The molecule has 20 heavy (non-hydrogen) atoms. The highest BCUT2D eigenvalue weighted by Crippen LogP contribution is 2.22. The summed E-state index contributed by atoms with van der Waals surface area (Å²) in [7, 11) is 7.57. The van der Waals surface area contributed by atoms with E-state index in [1.807, 2.05) is 38.0 Å². The van der Waals surface area contributed by atoms with E-state index in [0.717, 1.165) is 0 Å². The van der Waals surface area contributed by atoms with Crippen LogP contribution in [-0.4, -0.2) is 58.5 Å². The van der Waals surface area contributed by atoms with Crippen molar-refractivity contribution in [2.45, 2.75) is 11.6 Å². The van der Waals surface area contributed by atoms with E-state index in [4.69, 9.17) is 5.26 Å². The van der Waals surface area contributed by atoms with Crippen LogP contribution in [0.5, 0.6) is 0 Å². The molecule has 0 unspecified atom stereocenters. The molecule has 0 fully saturated rings. The third kappa shape index (κ3) is 2.75. The van der Waals surface area contributed by atoms with Gasteiger partial charge in [-0.3, -0.25) is 0 Å². The minimum atomic E-state index is 0.466. The first-order valence-electron chi connectivity index (χ1n) is 6.02. The molecule has 0 amide bonds. The van der Waals surface area contributed by atoms with Crippen LogP contribution >= 0.6 is 11.8 Å². The van der Waals surface area contributed by atoms with Gasteiger partial charge in [-0.1, -0.05) is 11.8 Å². The van der Waals surface area contributed by atoms with Gasteiger partial charge in [0.2, 0.25) is 11.9 Å². The summed E-state index contributed by atoms with van der Waals surface area (Å²) in [5.41, 5.74) is 0. The fourth-order valence-corrected chi connectivity index (χ4v) is 2.31. The summed E-state index contributed by atoms with van der Waals surface area (Å²) in [6.07, 6.45) is 0.466. The van der Waals surface area contributed by atoms with Crippen LogP contribution in [0.25, 0.3) is 5.78 Å². The summed E-state index contributed by atoms with van der Waals surface area (Å²) in [5.74, 6) is 2.47. The van der Waals surface area contributed by atoms with E-state index < -0.39 is 0 Å². The summed E-state index contributed by atoms with van der Waals surface area (Å²) < 4.78 is 1.80. The van der Waals surface area contributed by atoms with Gasteiger partial charge in [-0.2, -0.15) is 15.2 Å². The first-order chi connectivity index (χ1) is 9.54. The van der Waals surface area contributed by atoms with Crippen molar-refractivity contribution in [3.05, 3.63) is 0 Å². The molecule has 0 saturated heterocycles. The Bertz CT molecular complexity index is 642. The lowest BCUT2D eigenvalue weighted by molar-refractivity contribution is 0.845. The van der Waals surface area contributed by atoms with Gasteiger partial charge in [0.15, 0.2) is 5.16 Å². The second-order valence-electron chi connectivity index (χ2n) is 4.49.